The van der Waals surface area contributed by atoms with E-state index in [-0.39, 0.29) is 24.0 Å². The summed E-state index contributed by atoms with van der Waals surface area (Å²) in [6, 6.07) is 6.92. The predicted molar refractivity (Wildman–Crippen MR) is 129 cm³/mol. The summed E-state index contributed by atoms with van der Waals surface area (Å²) < 4.78 is 60.6. The molecule has 36 heavy (non-hydrogen) atoms. The first-order valence-electron chi connectivity index (χ1n) is 10.9. The monoisotopic (exact) mass is 516 g/mol. The molecule has 13 heteroatoms. The second kappa shape index (κ2) is 9.93. The van der Waals surface area contributed by atoms with Gasteiger partial charge in [0.15, 0.2) is 11.6 Å². The molecular formula is C23H25FN6O5S. The third kappa shape index (κ3) is 4.87. The summed E-state index contributed by atoms with van der Waals surface area (Å²) in [6.45, 7) is 5.18. The van der Waals surface area contributed by atoms with Crippen LogP contribution in [0.5, 0.6) is 11.5 Å². The molecule has 0 saturated carbocycles. The third-order valence-corrected chi connectivity index (χ3v) is 7.28. The Morgan fingerprint density at radius 1 is 1.11 bits per heavy atom. The van der Waals surface area contributed by atoms with Gasteiger partial charge in [-0.2, -0.15) is 0 Å². The van der Waals surface area contributed by atoms with Gasteiger partial charge in [0.1, 0.15) is 28.8 Å². The summed E-state index contributed by atoms with van der Waals surface area (Å²) in [5, 5.41) is 7.35. The minimum Gasteiger partial charge on any atom is -0.494 e. The van der Waals surface area contributed by atoms with E-state index in [4.69, 9.17) is 13.9 Å². The van der Waals surface area contributed by atoms with Crippen LogP contribution in [-0.4, -0.2) is 52.6 Å². The fraction of sp³-hybridized carbons (Fsp3) is 0.304. The number of aromatic nitrogens is 5. The Hall–Kier alpha value is -4.00. The molecule has 0 bridgehead atoms. The van der Waals surface area contributed by atoms with Crippen LogP contribution in [0.3, 0.4) is 0 Å². The van der Waals surface area contributed by atoms with Crippen LogP contribution >= 0.6 is 0 Å². The molecule has 0 amide bonds. The first kappa shape index (κ1) is 25.1. The highest BCUT2D eigenvalue weighted by molar-refractivity contribution is 7.93. The standard InChI is InChI=1S/C23H25FN6O5S/c1-13-9-19(35-15(13)3)22-27-28-23(30(22)21-17(33-4)7-6-8-18(21)34-5)29-36(31,32)14(2)10-20-25-11-16(24)12-26-20/h6-9,11-12,14H,10H2,1-5H3,(H,28,29). The number of ether oxygens (including phenoxy) is 2. The minimum absolute atomic E-state index is 0.0504. The van der Waals surface area contributed by atoms with Crippen molar-refractivity contribution in [3.8, 4) is 28.8 Å². The van der Waals surface area contributed by atoms with Crippen molar-refractivity contribution in [2.45, 2.75) is 32.4 Å². The molecule has 1 atom stereocenters. The van der Waals surface area contributed by atoms with Crippen molar-refractivity contribution in [3.05, 3.63) is 59.6 Å². The molecule has 0 spiro atoms. The highest BCUT2D eigenvalue weighted by atomic mass is 32.2. The Labute approximate surface area is 207 Å². The maximum atomic E-state index is 13.3. The van der Waals surface area contributed by atoms with Crippen LogP contribution in [0.25, 0.3) is 17.3 Å². The number of anilines is 1. The van der Waals surface area contributed by atoms with Gasteiger partial charge in [0.05, 0.1) is 31.9 Å². The highest BCUT2D eigenvalue weighted by Crippen LogP contribution is 2.38. The molecule has 1 N–H and O–H groups in total. The number of nitrogens with zero attached hydrogens (tertiary/aromatic N) is 5. The van der Waals surface area contributed by atoms with Crippen molar-refractivity contribution < 1.29 is 26.7 Å². The van der Waals surface area contributed by atoms with E-state index in [1.807, 2.05) is 13.8 Å². The maximum absolute atomic E-state index is 13.3. The van der Waals surface area contributed by atoms with Crippen LogP contribution in [0.15, 0.2) is 41.1 Å². The topological polar surface area (TPSA) is 134 Å². The van der Waals surface area contributed by atoms with E-state index in [1.54, 1.807) is 24.3 Å². The Morgan fingerprint density at radius 3 is 2.31 bits per heavy atom. The zero-order chi connectivity index (χ0) is 26.0. The third-order valence-electron chi connectivity index (χ3n) is 5.58. The summed E-state index contributed by atoms with van der Waals surface area (Å²) in [6.07, 6.45) is 1.92. The van der Waals surface area contributed by atoms with Crippen molar-refractivity contribution in [1.82, 2.24) is 24.7 Å². The Bertz CT molecular complexity index is 1440. The Kier molecular flexibility index (Phi) is 6.93. The summed E-state index contributed by atoms with van der Waals surface area (Å²) >= 11 is 0. The lowest BCUT2D eigenvalue weighted by Crippen LogP contribution is -2.29. The number of benzene rings is 1. The number of hydrogen-bond donors (Lipinski definition) is 1. The molecule has 4 rings (SSSR count). The van der Waals surface area contributed by atoms with Crippen molar-refractivity contribution in [2.75, 3.05) is 18.9 Å². The molecule has 4 aromatic rings. The number of para-hydroxylation sites is 1. The molecule has 0 aliphatic carbocycles. The molecule has 0 aliphatic rings. The summed E-state index contributed by atoms with van der Waals surface area (Å²) in [4.78, 5) is 7.69. The quantitative estimate of drug-likeness (QED) is 0.355. The fourth-order valence-electron chi connectivity index (χ4n) is 3.50. The lowest BCUT2D eigenvalue weighted by Gasteiger charge is -2.18. The van der Waals surface area contributed by atoms with Crippen LogP contribution in [0.4, 0.5) is 10.3 Å². The van der Waals surface area contributed by atoms with E-state index in [0.29, 0.717) is 28.7 Å². The number of aryl methyl sites for hydroxylation is 2. The Balaban J connectivity index is 1.81. The normalized spacial score (nSPS) is 12.4. The molecule has 11 nitrogen and oxygen atoms in total. The molecule has 3 heterocycles. The average Bonchev–Trinajstić information content (AvgIpc) is 3.41. The molecule has 0 aliphatic heterocycles. The van der Waals surface area contributed by atoms with Crippen LogP contribution < -0.4 is 14.2 Å². The van der Waals surface area contributed by atoms with Gasteiger partial charge in [-0.25, -0.2) is 22.8 Å². The number of halogens is 1. The molecular weight excluding hydrogens is 491 g/mol. The van der Waals surface area contributed by atoms with Gasteiger partial charge in [0, 0.05) is 6.42 Å². The molecule has 3 aromatic heterocycles. The zero-order valence-corrected chi connectivity index (χ0v) is 21.1. The minimum atomic E-state index is -4.02. The zero-order valence-electron chi connectivity index (χ0n) is 20.3. The van der Waals surface area contributed by atoms with Gasteiger partial charge in [-0.15, -0.1) is 10.2 Å². The molecule has 0 radical (unpaired) electrons. The second-order valence-electron chi connectivity index (χ2n) is 8.02. The lowest BCUT2D eigenvalue weighted by atomic mass is 10.2. The number of methoxy groups -OCH3 is 2. The summed E-state index contributed by atoms with van der Waals surface area (Å²) in [5.41, 5.74) is 1.27. The summed E-state index contributed by atoms with van der Waals surface area (Å²) in [7, 11) is -1.05. The van der Waals surface area contributed by atoms with Crippen LogP contribution in [0.1, 0.15) is 24.1 Å². The highest BCUT2D eigenvalue weighted by Gasteiger charge is 2.29. The average molecular weight is 517 g/mol. The van der Waals surface area contributed by atoms with Crippen molar-refractivity contribution in [3.63, 3.8) is 0 Å². The van der Waals surface area contributed by atoms with E-state index in [1.165, 1.54) is 25.7 Å². The summed E-state index contributed by atoms with van der Waals surface area (Å²) in [5.74, 6) is 1.55. The molecule has 1 aromatic carbocycles. The lowest BCUT2D eigenvalue weighted by molar-refractivity contribution is 0.391. The molecule has 190 valence electrons. The number of sulfonamides is 1. The molecule has 0 fully saturated rings. The van der Waals surface area contributed by atoms with Gasteiger partial charge in [0.25, 0.3) is 0 Å². The first-order chi connectivity index (χ1) is 17.1. The maximum Gasteiger partial charge on any atom is 0.243 e. The van der Waals surface area contributed by atoms with E-state index < -0.39 is 21.1 Å². The van der Waals surface area contributed by atoms with Gasteiger partial charge in [0.2, 0.25) is 21.8 Å². The van der Waals surface area contributed by atoms with E-state index in [2.05, 4.69) is 24.9 Å². The van der Waals surface area contributed by atoms with E-state index >= 15 is 0 Å². The number of hydrogen-bond acceptors (Lipinski definition) is 9. The first-order valence-corrected chi connectivity index (χ1v) is 12.4. The number of nitrogens with one attached hydrogen (secondary N) is 1. The van der Waals surface area contributed by atoms with E-state index in [9.17, 15) is 12.8 Å². The van der Waals surface area contributed by atoms with Crippen LogP contribution in [0.2, 0.25) is 0 Å². The molecule has 1 unspecified atom stereocenters. The van der Waals surface area contributed by atoms with Crippen molar-refractivity contribution in [2.24, 2.45) is 0 Å². The predicted octanol–water partition coefficient (Wildman–Crippen LogP) is 3.46. The van der Waals surface area contributed by atoms with E-state index in [0.717, 1.165) is 18.0 Å². The number of rotatable bonds is 9. The SMILES string of the molecule is COc1cccc(OC)c1-n1c(NS(=O)(=O)C(C)Cc2ncc(F)cn2)nnc1-c1cc(C)c(C)o1. The second-order valence-corrected chi connectivity index (χ2v) is 10.1. The van der Waals surface area contributed by atoms with Crippen molar-refractivity contribution in [1.29, 1.82) is 0 Å². The molecule has 0 saturated heterocycles. The van der Waals surface area contributed by atoms with Gasteiger partial charge in [-0.3, -0.25) is 9.29 Å². The number of furan rings is 1. The van der Waals surface area contributed by atoms with Gasteiger partial charge < -0.3 is 13.9 Å². The Morgan fingerprint density at radius 2 is 1.75 bits per heavy atom. The largest absolute Gasteiger partial charge is 0.494 e. The fourth-order valence-corrected chi connectivity index (χ4v) is 4.45. The smallest absolute Gasteiger partial charge is 0.243 e. The van der Waals surface area contributed by atoms with Gasteiger partial charge >= 0.3 is 0 Å². The van der Waals surface area contributed by atoms with Gasteiger partial charge in [-0.1, -0.05) is 6.07 Å². The van der Waals surface area contributed by atoms with Gasteiger partial charge in [-0.05, 0) is 44.5 Å². The van der Waals surface area contributed by atoms with Crippen molar-refractivity contribution >= 4 is 16.0 Å². The van der Waals surface area contributed by atoms with Crippen LogP contribution in [0, 0.1) is 19.7 Å². The van der Waals surface area contributed by atoms with Crippen LogP contribution in [-0.2, 0) is 16.4 Å².